The smallest absolute Gasteiger partial charge is 0.271 e. The monoisotopic (exact) mass is 468 g/mol. The molecule has 1 atom stereocenters. The molecule has 1 amide bonds. The number of halogens is 1. The van der Waals surface area contributed by atoms with Gasteiger partial charge >= 0.3 is 0 Å². The number of Topliss-reactive ketones (excluding diaryl/α,β-unsaturated/α-hetero) is 1. The first kappa shape index (κ1) is 20.5. The Kier molecular flexibility index (Phi) is 5.10. The molecule has 1 aliphatic heterocycles. The minimum atomic E-state index is -0.479. The molecule has 0 radical (unpaired) electrons. The molecule has 4 rings (SSSR count). The number of hydrogen-bond acceptors (Lipinski definition) is 4. The van der Waals surface area contributed by atoms with Gasteiger partial charge in [0.25, 0.3) is 5.69 Å². The molecule has 1 aliphatic carbocycles. The van der Waals surface area contributed by atoms with Gasteiger partial charge in [-0.1, -0.05) is 54.0 Å². The van der Waals surface area contributed by atoms with Crippen LogP contribution >= 0.6 is 15.9 Å². The zero-order valence-electron chi connectivity index (χ0n) is 16.7. The van der Waals surface area contributed by atoms with Crippen molar-refractivity contribution < 1.29 is 14.5 Å². The molecular weight excluding hydrogens is 448 g/mol. The lowest BCUT2D eigenvalue weighted by atomic mass is 9.69. The molecule has 30 heavy (non-hydrogen) atoms. The summed E-state index contributed by atoms with van der Waals surface area (Å²) in [4.78, 5) is 38.9. The Balaban J connectivity index is 1.92. The first-order chi connectivity index (χ1) is 14.2. The van der Waals surface area contributed by atoms with E-state index in [9.17, 15) is 19.7 Å². The van der Waals surface area contributed by atoms with Crippen LogP contribution < -0.4 is 4.90 Å². The lowest BCUT2D eigenvalue weighted by Gasteiger charge is -2.43. The summed E-state index contributed by atoms with van der Waals surface area (Å²) in [6.07, 6.45) is 1.09. The molecule has 0 spiro atoms. The molecule has 2 aromatic rings. The van der Waals surface area contributed by atoms with Crippen molar-refractivity contribution in [3.8, 4) is 0 Å². The summed E-state index contributed by atoms with van der Waals surface area (Å²) in [5, 5.41) is 11.3. The number of nitro groups is 1. The van der Waals surface area contributed by atoms with Crippen LogP contribution in [0.1, 0.15) is 44.6 Å². The molecule has 2 aliphatic rings. The molecule has 0 fully saturated rings. The maximum Gasteiger partial charge on any atom is 0.271 e. The third-order valence-electron chi connectivity index (χ3n) is 5.72. The first-order valence-corrected chi connectivity index (χ1v) is 10.6. The number of hydrogen-bond donors (Lipinski definition) is 0. The van der Waals surface area contributed by atoms with E-state index in [-0.39, 0.29) is 35.1 Å². The van der Waals surface area contributed by atoms with Gasteiger partial charge in [0.2, 0.25) is 5.91 Å². The van der Waals surface area contributed by atoms with Gasteiger partial charge in [0, 0.05) is 46.6 Å². The van der Waals surface area contributed by atoms with Crippen LogP contribution in [0, 0.1) is 15.5 Å². The van der Waals surface area contributed by atoms with E-state index in [4.69, 9.17) is 0 Å². The Bertz CT molecular complexity index is 1110. The van der Waals surface area contributed by atoms with Gasteiger partial charge in [-0.15, -0.1) is 0 Å². The van der Waals surface area contributed by atoms with Crippen molar-refractivity contribution >= 4 is 39.0 Å². The fraction of sp³-hybridized carbons (Fsp3) is 0.304. The lowest BCUT2D eigenvalue weighted by molar-refractivity contribution is -0.384. The standard InChI is InChI=1S/C23H21BrN2O4/c1-23(2)12-19-22(20(27)13-23)17(16-8-3-4-9-18(16)24)11-21(28)25(19)14-6-5-7-15(10-14)26(29)30/h3-10,17H,11-13H2,1-2H3. The first-order valence-electron chi connectivity index (χ1n) is 9.76. The molecule has 0 aromatic heterocycles. The maximum absolute atomic E-state index is 13.3. The maximum atomic E-state index is 13.3. The van der Waals surface area contributed by atoms with E-state index in [0.717, 1.165) is 10.0 Å². The van der Waals surface area contributed by atoms with E-state index in [2.05, 4.69) is 15.9 Å². The Morgan fingerprint density at radius 1 is 1.10 bits per heavy atom. The van der Waals surface area contributed by atoms with Gasteiger partial charge < -0.3 is 0 Å². The molecule has 0 N–H and O–H groups in total. The van der Waals surface area contributed by atoms with Crippen LogP contribution in [0.2, 0.25) is 0 Å². The van der Waals surface area contributed by atoms with Crippen LogP contribution in [0.25, 0.3) is 0 Å². The third-order valence-corrected chi connectivity index (χ3v) is 6.44. The number of allylic oxidation sites excluding steroid dienone is 2. The van der Waals surface area contributed by atoms with Crippen LogP contribution in [0.3, 0.4) is 0 Å². The SMILES string of the molecule is CC1(C)CC(=O)C2=C(C1)N(c1cccc([N+](=O)[O-])c1)C(=O)CC2c1ccccc1Br. The topological polar surface area (TPSA) is 80.5 Å². The summed E-state index contributed by atoms with van der Waals surface area (Å²) in [7, 11) is 0. The van der Waals surface area contributed by atoms with Crippen LogP contribution in [0.15, 0.2) is 64.3 Å². The predicted octanol–water partition coefficient (Wildman–Crippen LogP) is 5.52. The van der Waals surface area contributed by atoms with Crippen molar-refractivity contribution in [1.82, 2.24) is 0 Å². The average Bonchev–Trinajstić information content (AvgIpc) is 2.66. The number of rotatable bonds is 3. The summed E-state index contributed by atoms with van der Waals surface area (Å²) in [6.45, 7) is 4.01. The lowest BCUT2D eigenvalue weighted by Crippen LogP contribution is -2.43. The summed E-state index contributed by atoms with van der Waals surface area (Å²) in [5.41, 5.74) is 2.26. The van der Waals surface area contributed by atoms with Crippen molar-refractivity contribution in [3.05, 3.63) is 80.0 Å². The average molecular weight is 469 g/mol. The predicted molar refractivity (Wildman–Crippen MR) is 117 cm³/mol. The van der Waals surface area contributed by atoms with Crippen LogP contribution in [-0.4, -0.2) is 16.6 Å². The number of nitro benzene ring substituents is 1. The number of benzene rings is 2. The van der Waals surface area contributed by atoms with Gasteiger partial charge in [0.05, 0.1) is 10.6 Å². The normalized spacial score (nSPS) is 20.9. The highest BCUT2D eigenvalue weighted by atomic mass is 79.9. The third kappa shape index (κ3) is 3.58. The second kappa shape index (κ2) is 7.47. The Morgan fingerprint density at radius 3 is 2.53 bits per heavy atom. The number of carbonyl (C=O) groups is 2. The summed E-state index contributed by atoms with van der Waals surface area (Å²) < 4.78 is 0.857. The van der Waals surface area contributed by atoms with Crippen molar-refractivity contribution in [1.29, 1.82) is 0 Å². The Hall–Kier alpha value is -2.80. The number of ketones is 1. The van der Waals surface area contributed by atoms with Crippen LogP contribution in [0.5, 0.6) is 0 Å². The molecule has 1 unspecified atom stereocenters. The van der Waals surface area contributed by atoms with E-state index in [0.29, 0.717) is 29.8 Å². The molecule has 1 heterocycles. The Labute approximate surface area is 182 Å². The van der Waals surface area contributed by atoms with Gasteiger partial charge in [0.1, 0.15) is 0 Å². The molecule has 2 aromatic carbocycles. The second-order valence-corrected chi connectivity index (χ2v) is 9.44. The van der Waals surface area contributed by atoms with Crippen molar-refractivity contribution in [3.63, 3.8) is 0 Å². The number of nitrogens with zero attached hydrogens (tertiary/aromatic N) is 2. The van der Waals surface area contributed by atoms with E-state index in [1.807, 2.05) is 38.1 Å². The van der Waals surface area contributed by atoms with Gasteiger partial charge in [-0.3, -0.25) is 24.6 Å². The molecule has 0 saturated carbocycles. The van der Waals surface area contributed by atoms with Gasteiger partial charge in [-0.25, -0.2) is 0 Å². The van der Waals surface area contributed by atoms with Crippen molar-refractivity contribution in [2.45, 2.75) is 39.0 Å². The highest BCUT2D eigenvalue weighted by Gasteiger charge is 2.44. The quantitative estimate of drug-likeness (QED) is 0.438. The summed E-state index contributed by atoms with van der Waals surface area (Å²) in [6, 6.07) is 13.7. The second-order valence-electron chi connectivity index (χ2n) is 8.59. The largest absolute Gasteiger partial charge is 0.294 e. The molecule has 6 nitrogen and oxygen atoms in total. The summed E-state index contributed by atoms with van der Waals surface area (Å²) >= 11 is 3.56. The molecule has 7 heteroatoms. The number of anilines is 1. The fourth-order valence-corrected chi connectivity index (χ4v) is 5.05. The number of non-ortho nitro benzene ring substituents is 1. The van der Waals surface area contributed by atoms with Gasteiger partial charge in [-0.05, 0) is 29.5 Å². The van der Waals surface area contributed by atoms with Crippen LogP contribution in [0.4, 0.5) is 11.4 Å². The van der Waals surface area contributed by atoms with Crippen molar-refractivity contribution in [2.75, 3.05) is 4.90 Å². The molecule has 0 saturated heterocycles. The molecule has 0 bridgehead atoms. The number of amides is 1. The van der Waals surface area contributed by atoms with E-state index < -0.39 is 4.92 Å². The zero-order valence-corrected chi connectivity index (χ0v) is 18.3. The highest BCUT2D eigenvalue weighted by molar-refractivity contribution is 9.10. The van der Waals surface area contributed by atoms with E-state index in [1.165, 1.54) is 17.0 Å². The van der Waals surface area contributed by atoms with Gasteiger partial charge in [-0.2, -0.15) is 0 Å². The zero-order chi connectivity index (χ0) is 21.6. The summed E-state index contributed by atoms with van der Waals surface area (Å²) in [5.74, 6) is -0.466. The van der Waals surface area contributed by atoms with Crippen molar-refractivity contribution in [2.24, 2.45) is 5.41 Å². The molecule has 154 valence electrons. The fourth-order valence-electron chi connectivity index (χ4n) is 4.48. The van der Waals surface area contributed by atoms with Crippen LogP contribution in [-0.2, 0) is 9.59 Å². The minimum Gasteiger partial charge on any atom is -0.294 e. The van der Waals surface area contributed by atoms with Gasteiger partial charge in [0.15, 0.2) is 5.78 Å². The number of carbonyl (C=O) groups excluding carboxylic acids is 2. The highest BCUT2D eigenvalue weighted by Crippen LogP contribution is 2.49. The Morgan fingerprint density at radius 2 is 1.83 bits per heavy atom. The minimum absolute atomic E-state index is 0.0323. The van der Waals surface area contributed by atoms with E-state index in [1.54, 1.807) is 12.1 Å². The molecular formula is C23H21BrN2O4. The van der Waals surface area contributed by atoms with E-state index >= 15 is 0 Å².